The molecule has 0 aliphatic carbocycles. The van der Waals surface area contributed by atoms with E-state index in [1.54, 1.807) is 42.5 Å². The Kier molecular flexibility index (Phi) is 4.20. The van der Waals surface area contributed by atoms with E-state index in [1.807, 2.05) is 6.92 Å². The summed E-state index contributed by atoms with van der Waals surface area (Å²) in [5.41, 5.74) is 2.83. The fourth-order valence-electron chi connectivity index (χ4n) is 1.68. The van der Waals surface area contributed by atoms with Crippen molar-refractivity contribution in [1.29, 1.82) is 0 Å². The molecule has 2 aromatic carbocycles. The largest absolute Gasteiger partial charge is 0.392 e. The van der Waals surface area contributed by atoms with Crippen molar-refractivity contribution in [2.75, 3.05) is 5.32 Å². The Morgan fingerprint density at radius 1 is 1.26 bits per heavy atom. The predicted octanol–water partition coefficient (Wildman–Crippen LogP) is 3.39. The Bertz CT molecular complexity index is 611. The average Bonchev–Trinajstić information content (AvgIpc) is 2.42. The molecule has 0 saturated heterocycles. The Morgan fingerprint density at radius 3 is 2.74 bits per heavy atom. The molecule has 19 heavy (non-hydrogen) atoms. The zero-order valence-corrected chi connectivity index (χ0v) is 11.2. The van der Waals surface area contributed by atoms with Gasteiger partial charge < -0.3 is 10.4 Å². The minimum absolute atomic E-state index is 0.0555. The molecule has 0 heterocycles. The third kappa shape index (κ3) is 3.34. The van der Waals surface area contributed by atoms with Gasteiger partial charge in [0, 0.05) is 16.3 Å². The number of aliphatic hydroxyl groups excluding tert-OH is 1. The van der Waals surface area contributed by atoms with Gasteiger partial charge in [-0.2, -0.15) is 0 Å². The molecule has 2 N–H and O–H groups in total. The maximum absolute atomic E-state index is 12.0. The highest BCUT2D eigenvalue weighted by molar-refractivity contribution is 6.31. The van der Waals surface area contributed by atoms with Crippen LogP contribution in [0.4, 0.5) is 5.69 Å². The van der Waals surface area contributed by atoms with Crippen LogP contribution in [0.1, 0.15) is 21.5 Å². The first-order valence-electron chi connectivity index (χ1n) is 5.87. The lowest BCUT2D eigenvalue weighted by Gasteiger charge is -2.07. The molecule has 0 radical (unpaired) electrons. The van der Waals surface area contributed by atoms with Crippen LogP contribution in [0.5, 0.6) is 0 Å². The second kappa shape index (κ2) is 5.87. The molecule has 0 aromatic heterocycles. The number of hydrogen-bond donors (Lipinski definition) is 2. The Balaban J connectivity index is 2.18. The number of halogens is 1. The Hall–Kier alpha value is -1.84. The van der Waals surface area contributed by atoms with Gasteiger partial charge in [0.15, 0.2) is 0 Å². The molecule has 4 heteroatoms. The van der Waals surface area contributed by atoms with Crippen molar-refractivity contribution >= 4 is 23.2 Å². The normalized spacial score (nSPS) is 10.3. The van der Waals surface area contributed by atoms with E-state index in [-0.39, 0.29) is 12.5 Å². The van der Waals surface area contributed by atoms with Crippen molar-refractivity contribution in [3.63, 3.8) is 0 Å². The van der Waals surface area contributed by atoms with Crippen molar-refractivity contribution < 1.29 is 9.90 Å². The summed E-state index contributed by atoms with van der Waals surface area (Å²) in [6.07, 6.45) is 0. The van der Waals surface area contributed by atoms with Gasteiger partial charge in [0.05, 0.1) is 6.61 Å². The molecule has 0 aliphatic rings. The lowest BCUT2D eigenvalue weighted by molar-refractivity contribution is 0.102. The van der Waals surface area contributed by atoms with Crippen molar-refractivity contribution in [1.82, 2.24) is 0 Å². The number of anilines is 1. The van der Waals surface area contributed by atoms with Crippen LogP contribution in [0.15, 0.2) is 42.5 Å². The van der Waals surface area contributed by atoms with Gasteiger partial charge in [-0.25, -0.2) is 0 Å². The molecular weight excluding hydrogens is 262 g/mol. The molecule has 0 bridgehead atoms. The van der Waals surface area contributed by atoms with Gasteiger partial charge in [0.1, 0.15) is 0 Å². The Labute approximate surface area is 116 Å². The summed E-state index contributed by atoms with van der Waals surface area (Å²) in [5.74, 6) is -0.225. The first-order valence-corrected chi connectivity index (χ1v) is 6.25. The smallest absolute Gasteiger partial charge is 0.255 e. The fourth-order valence-corrected chi connectivity index (χ4v) is 1.87. The molecule has 0 saturated carbocycles. The number of rotatable bonds is 3. The van der Waals surface area contributed by atoms with Crippen LogP contribution in [-0.4, -0.2) is 11.0 Å². The quantitative estimate of drug-likeness (QED) is 0.902. The maximum atomic E-state index is 12.0. The zero-order chi connectivity index (χ0) is 13.8. The number of benzene rings is 2. The van der Waals surface area contributed by atoms with E-state index in [9.17, 15) is 4.79 Å². The van der Waals surface area contributed by atoms with Gasteiger partial charge in [-0.3, -0.25) is 4.79 Å². The van der Waals surface area contributed by atoms with Crippen LogP contribution in [-0.2, 0) is 6.61 Å². The number of hydrogen-bond acceptors (Lipinski definition) is 2. The molecule has 98 valence electrons. The van der Waals surface area contributed by atoms with Gasteiger partial charge >= 0.3 is 0 Å². The van der Waals surface area contributed by atoms with E-state index in [1.165, 1.54) is 0 Å². The van der Waals surface area contributed by atoms with E-state index in [4.69, 9.17) is 16.7 Å². The van der Waals surface area contributed by atoms with Crippen molar-refractivity contribution in [2.24, 2.45) is 0 Å². The second-order valence-corrected chi connectivity index (χ2v) is 4.68. The molecule has 0 fully saturated rings. The summed E-state index contributed by atoms with van der Waals surface area (Å²) in [4.78, 5) is 12.0. The van der Waals surface area contributed by atoms with Crippen LogP contribution in [0.3, 0.4) is 0 Å². The monoisotopic (exact) mass is 275 g/mol. The summed E-state index contributed by atoms with van der Waals surface area (Å²) >= 11 is 6.00. The van der Waals surface area contributed by atoms with Gasteiger partial charge in [0.2, 0.25) is 0 Å². The molecular formula is C15H14ClNO2. The highest BCUT2D eigenvalue weighted by atomic mass is 35.5. The number of amides is 1. The minimum Gasteiger partial charge on any atom is -0.392 e. The molecule has 2 rings (SSSR count). The summed E-state index contributed by atoms with van der Waals surface area (Å²) in [5, 5.41) is 12.4. The summed E-state index contributed by atoms with van der Waals surface area (Å²) in [6.45, 7) is 1.83. The molecule has 0 spiro atoms. The van der Waals surface area contributed by atoms with Crippen LogP contribution in [0.2, 0.25) is 5.02 Å². The number of carbonyl (C=O) groups is 1. The average molecular weight is 276 g/mol. The van der Waals surface area contributed by atoms with Crippen LogP contribution < -0.4 is 5.32 Å². The highest BCUT2D eigenvalue weighted by Crippen LogP contribution is 2.18. The third-order valence-corrected chi connectivity index (χ3v) is 3.21. The van der Waals surface area contributed by atoms with Gasteiger partial charge in [-0.15, -0.1) is 0 Å². The van der Waals surface area contributed by atoms with Crippen molar-refractivity contribution in [2.45, 2.75) is 13.5 Å². The predicted molar refractivity (Wildman–Crippen MR) is 76.5 cm³/mol. The molecule has 0 unspecified atom stereocenters. The summed E-state index contributed by atoms with van der Waals surface area (Å²) in [6, 6.07) is 12.2. The fraction of sp³-hybridized carbons (Fsp3) is 0.133. The van der Waals surface area contributed by atoms with Crippen LogP contribution in [0.25, 0.3) is 0 Å². The lowest BCUT2D eigenvalue weighted by atomic mass is 10.1. The summed E-state index contributed by atoms with van der Waals surface area (Å²) in [7, 11) is 0. The molecule has 0 atom stereocenters. The molecule has 1 amide bonds. The van der Waals surface area contributed by atoms with Gasteiger partial charge in [0.25, 0.3) is 5.91 Å². The first-order chi connectivity index (χ1) is 9.10. The first kappa shape index (κ1) is 13.6. The standard InChI is InChI=1S/C15H14ClNO2/c1-10-5-6-12(8-14(10)16)15(19)17-13-4-2-3-11(7-13)9-18/h2-8,18H,9H2,1H3,(H,17,19). The number of nitrogens with one attached hydrogen (secondary N) is 1. The molecule has 3 nitrogen and oxygen atoms in total. The maximum Gasteiger partial charge on any atom is 0.255 e. The van der Waals surface area contributed by atoms with E-state index in [2.05, 4.69) is 5.32 Å². The number of aliphatic hydroxyl groups is 1. The van der Waals surface area contributed by atoms with E-state index in [0.29, 0.717) is 16.3 Å². The number of aryl methyl sites for hydroxylation is 1. The molecule has 0 aliphatic heterocycles. The van der Waals surface area contributed by atoms with Crippen LogP contribution >= 0.6 is 11.6 Å². The van der Waals surface area contributed by atoms with E-state index >= 15 is 0 Å². The van der Waals surface area contributed by atoms with E-state index < -0.39 is 0 Å². The molecule has 2 aromatic rings. The Morgan fingerprint density at radius 2 is 2.05 bits per heavy atom. The van der Waals surface area contributed by atoms with Crippen molar-refractivity contribution in [3.8, 4) is 0 Å². The SMILES string of the molecule is Cc1ccc(C(=O)Nc2cccc(CO)c2)cc1Cl. The van der Waals surface area contributed by atoms with Gasteiger partial charge in [-0.1, -0.05) is 29.8 Å². The van der Waals surface area contributed by atoms with Crippen molar-refractivity contribution in [3.05, 3.63) is 64.2 Å². The van der Waals surface area contributed by atoms with E-state index in [0.717, 1.165) is 11.1 Å². The summed E-state index contributed by atoms with van der Waals surface area (Å²) < 4.78 is 0. The zero-order valence-electron chi connectivity index (χ0n) is 10.5. The van der Waals surface area contributed by atoms with Crippen LogP contribution in [0, 0.1) is 6.92 Å². The topological polar surface area (TPSA) is 49.3 Å². The lowest BCUT2D eigenvalue weighted by Crippen LogP contribution is -2.12. The minimum atomic E-state index is -0.225. The van der Waals surface area contributed by atoms with Gasteiger partial charge in [-0.05, 0) is 42.3 Å². The second-order valence-electron chi connectivity index (χ2n) is 4.28. The number of carbonyl (C=O) groups excluding carboxylic acids is 1. The third-order valence-electron chi connectivity index (χ3n) is 2.80. The highest BCUT2D eigenvalue weighted by Gasteiger charge is 2.08.